The first-order chi connectivity index (χ1) is 11.8. The summed E-state index contributed by atoms with van der Waals surface area (Å²) >= 11 is 0. The molecule has 1 fully saturated rings. The zero-order valence-electron chi connectivity index (χ0n) is 16.1. The first-order valence-electron chi connectivity index (χ1n) is 9.13. The Morgan fingerprint density at radius 1 is 1.28 bits per heavy atom. The highest BCUT2D eigenvalue weighted by Gasteiger charge is 2.20. The average Bonchev–Trinajstić information content (AvgIpc) is 2.96. The van der Waals surface area contributed by atoms with Gasteiger partial charge >= 0.3 is 0 Å². The van der Waals surface area contributed by atoms with Gasteiger partial charge in [-0.1, -0.05) is 25.6 Å². The van der Waals surface area contributed by atoms with Crippen molar-refractivity contribution in [1.29, 1.82) is 0 Å². The minimum Gasteiger partial charge on any atom is -0.356 e. The third-order valence-electron chi connectivity index (χ3n) is 4.28. The lowest BCUT2D eigenvalue weighted by molar-refractivity contribution is -0.0366. The lowest BCUT2D eigenvalue weighted by Gasteiger charge is -2.23. The fourth-order valence-corrected chi connectivity index (χ4v) is 3.67. The van der Waals surface area contributed by atoms with E-state index in [9.17, 15) is 0 Å². The van der Waals surface area contributed by atoms with Crippen molar-refractivity contribution in [3.05, 3.63) is 29.5 Å². The molecule has 134 valence electrons. The number of nitrogens with zero attached hydrogens (tertiary/aromatic N) is 3. The number of hydrogen-bond donors (Lipinski definition) is 0. The summed E-state index contributed by atoms with van der Waals surface area (Å²) in [5.41, 5.74) is 7.02. The molecule has 1 atom stereocenters. The van der Waals surface area contributed by atoms with E-state index in [1.54, 1.807) is 0 Å². The van der Waals surface area contributed by atoms with Crippen LogP contribution in [0.3, 0.4) is 0 Å². The molecule has 4 nitrogen and oxygen atoms in total. The summed E-state index contributed by atoms with van der Waals surface area (Å²) in [7, 11) is 2.77. The molecule has 2 heterocycles. The molecule has 0 amide bonds. The van der Waals surface area contributed by atoms with E-state index in [4.69, 9.17) is 4.74 Å². The standard InChI is InChI=1S/C20H29N3OSi/c1-22(2)15-16-12-17(9-11-25(3,4)5)18-14-21-23(19(18)13-16)20-8-6-7-10-24-20/h12-14,20H,6-8,10,15H2,1-5H3. The van der Waals surface area contributed by atoms with Gasteiger partial charge in [-0.3, -0.25) is 0 Å². The second-order valence-corrected chi connectivity index (χ2v) is 13.0. The number of rotatable bonds is 3. The fraction of sp³-hybridized carbons (Fsp3) is 0.550. The summed E-state index contributed by atoms with van der Waals surface area (Å²) in [5.74, 6) is 3.46. The van der Waals surface area contributed by atoms with Crippen LogP contribution in [0, 0.1) is 11.5 Å². The minimum absolute atomic E-state index is 0.0543. The van der Waals surface area contributed by atoms with Gasteiger partial charge in [0.1, 0.15) is 8.07 Å². The Labute approximate surface area is 152 Å². The maximum atomic E-state index is 5.97. The van der Waals surface area contributed by atoms with E-state index in [1.165, 1.54) is 12.0 Å². The summed E-state index contributed by atoms with van der Waals surface area (Å²) in [6.45, 7) is 8.56. The first kappa shape index (κ1) is 18.2. The smallest absolute Gasteiger partial charge is 0.150 e. The predicted octanol–water partition coefficient (Wildman–Crippen LogP) is 4.03. The minimum atomic E-state index is -1.43. The highest BCUT2D eigenvalue weighted by atomic mass is 28.3. The highest BCUT2D eigenvalue weighted by Crippen LogP contribution is 2.28. The van der Waals surface area contributed by atoms with Crippen molar-refractivity contribution in [1.82, 2.24) is 14.7 Å². The molecule has 0 N–H and O–H groups in total. The molecule has 1 aliphatic rings. The van der Waals surface area contributed by atoms with Gasteiger partial charge in [0.25, 0.3) is 0 Å². The van der Waals surface area contributed by atoms with Crippen LogP contribution >= 0.6 is 0 Å². The Hall–Kier alpha value is -1.61. The topological polar surface area (TPSA) is 30.3 Å². The SMILES string of the molecule is CN(C)Cc1cc(C#C[Si](C)(C)C)c2cnn(C3CCCCO3)c2c1. The number of aromatic nitrogens is 2. The monoisotopic (exact) mass is 355 g/mol. The molecular formula is C20H29N3OSi. The van der Waals surface area contributed by atoms with Crippen LogP contribution in [0.2, 0.25) is 19.6 Å². The Morgan fingerprint density at radius 3 is 2.72 bits per heavy atom. The molecule has 0 radical (unpaired) electrons. The fourth-order valence-electron chi connectivity index (χ4n) is 3.16. The molecule has 1 aromatic heterocycles. The molecule has 0 bridgehead atoms. The molecule has 2 aromatic rings. The molecule has 1 saturated heterocycles. The van der Waals surface area contributed by atoms with Crippen LogP contribution in [0.1, 0.15) is 36.6 Å². The Kier molecular flexibility index (Phi) is 5.33. The van der Waals surface area contributed by atoms with Crippen LogP contribution in [-0.2, 0) is 11.3 Å². The molecule has 3 rings (SSSR count). The van der Waals surface area contributed by atoms with Crippen molar-refractivity contribution in [2.45, 2.75) is 51.7 Å². The third kappa shape index (κ3) is 4.52. The Bertz CT molecular complexity index is 802. The van der Waals surface area contributed by atoms with Crippen LogP contribution in [0.25, 0.3) is 10.9 Å². The van der Waals surface area contributed by atoms with Crippen LogP contribution in [0.5, 0.6) is 0 Å². The molecule has 0 spiro atoms. The quantitative estimate of drug-likeness (QED) is 0.615. The van der Waals surface area contributed by atoms with Crippen molar-refractivity contribution in [3.8, 4) is 11.5 Å². The van der Waals surface area contributed by atoms with E-state index < -0.39 is 8.07 Å². The normalized spacial score (nSPS) is 18.4. The molecular weight excluding hydrogens is 326 g/mol. The second kappa shape index (κ2) is 7.33. The molecule has 5 heteroatoms. The molecule has 1 aromatic carbocycles. The van der Waals surface area contributed by atoms with E-state index in [0.29, 0.717) is 0 Å². The summed E-state index contributed by atoms with van der Waals surface area (Å²) in [6, 6.07) is 4.48. The number of benzene rings is 1. The average molecular weight is 356 g/mol. The lowest BCUT2D eigenvalue weighted by Crippen LogP contribution is -2.19. The van der Waals surface area contributed by atoms with Crippen molar-refractivity contribution < 1.29 is 4.74 Å². The maximum Gasteiger partial charge on any atom is 0.150 e. The van der Waals surface area contributed by atoms with Gasteiger partial charge in [-0.25, -0.2) is 4.68 Å². The van der Waals surface area contributed by atoms with Crippen molar-refractivity contribution >= 4 is 19.0 Å². The van der Waals surface area contributed by atoms with E-state index >= 15 is 0 Å². The van der Waals surface area contributed by atoms with Crippen molar-refractivity contribution in [3.63, 3.8) is 0 Å². The van der Waals surface area contributed by atoms with Gasteiger partial charge in [0, 0.05) is 24.1 Å². The summed E-state index contributed by atoms with van der Waals surface area (Å²) in [4.78, 5) is 2.19. The number of fused-ring (bicyclic) bond motifs is 1. The van der Waals surface area contributed by atoms with Crippen LogP contribution in [-0.4, -0.2) is 43.5 Å². The molecule has 1 aliphatic heterocycles. The first-order valence-corrected chi connectivity index (χ1v) is 12.6. The van der Waals surface area contributed by atoms with Crippen molar-refractivity contribution in [2.75, 3.05) is 20.7 Å². The number of hydrogen-bond acceptors (Lipinski definition) is 3. The van der Waals surface area contributed by atoms with Gasteiger partial charge in [0.05, 0.1) is 11.7 Å². The van der Waals surface area contributed by atoms with E-state index in [2.05, 4.69) is 72.0 Å². The second-order valence-electron chi connectivity index (χ2n) is 8.22. The number of ether oxygens (including phenoxy) is 1. The van der Waals surface area contributed by atoms with Crippen molar-refractivity contribution in [2.24, 2.45) is 0 Å². The van der Waals surface area contributed by atoms with Gasteiger partial charge < -0.3 is 9.64 Å². The lowest BCUT2D eigenvalue weighted by atomic mass is 10.1. The highest BCUT2D eigenvalue weighted by molar-refractivity contribution is 6.83. The van der Waals surface area contributed by atoms with E-state index in [0.717, 1.165) is 42.5 Å². The van der Waals surface area contributed by atoms with Crippen LogP contribution in [0.15, 0.2) is 18.3 Å². The molecule has 0 aliphatic carbocycles. The van der Waals surface area contributed by atoms with Gasteiger partial charge in [-0.2, -0.15) is 5.10 Å². The predicted molar refractivity (Wildman–Crippen MR) is 106 cm³/mol. The van der Waals surface area contributed by atoms with Gasteiger partial charge in [0.15, 0.2) is 6.23 Å². The van der Waals surface area contributed by atoms with Gasteiger partial charge in [-0.05, 0) is 51.1 Å². The zero-order chi connectivity index (χ0) is 18.0. The van der Waals surface area contributed by atoms with E-state index in [-0.39, 0.29) is 6.23 Å². The third-order valence-corrected chi connectivity index (χ3v) is 5.15. The van der Waals surface area contributed by atoms with Crippen LogP contribution in [0.4, 0.5) is 0 Å². The Morgan fingerprint density at radius 2 is 2.08 bits per heavy atom. The van der Waals surface area contributed by atoms with Gasteiger partial charge in [0.2, 0.25) is 0 Å². The van der Waals surface area contributed by atoms with Gasteiger partial charge in [-0.15, -0.1) is 5.54 Å². The summed E-state index contributed by atoms with van der Waals surface area (Å²) in [6.07, 6.45) is 5.39. The molecule has 1 unspecified atom stereocenters. The maximum absolute atomic E-state index is 5.97. The molecule has 25 heavy (non-hydrogen) atoms. The van der Waals surface area contributed by atoms with Crippen LogP contribution < -0.4 is 0 Å². The Balaban J connectivity index is 2.10. The largest absolute Gasteiger partial charge is 0.356 e. The van der Waals surface area contributed by atoms with E-state index in [1.807, 2.05) is 6.20 Å². The molecule has 0 saturated carbocycles. The summed E-state index contributed by atoms with van der Waals surface area (Å²) < 4.78 is 8.03. The zero-order valence-corrected chi connectivity index (χ0v) is 17.1. The summed E-state index contributed by atoms with van der Waals surface area (Å²) in [5, 5.41) is 5.81.